The third-order valence-corrected chi connectivity index (χ3v) is 10.1. The van der Waals surface area contributed by atoms with Crippen LogP contribution in [0.4, 0.5) is 15.8 Å². The van der Waals surface area contributed by atoms with Gasteiger partial charge in [-0.1, -0.05) is 65.6 Å². The molecule has 5 aromatic rings. The van der Waals surface area contributed by atoms with Crippen LogP contribution in [0.1, 0.15) is 16.4 Å². The molecule has 1 saturated heterocycles. The minimum atomic E-state index is -0.846. The van der Waals surface area contributed by atoms with Gasteiger partial charge in [0.2, 0.25) is 17.7 Å². The summed E-state index contributed by atoms with van der Waals surface area (Å²) >= 11 is 2.09. The molecule has 1 fully saturated rings. The fourth-order valence-electron chi connectivity index (χ4n) is 5.69. The number of benzene rings is 3. The molecule has 1 N–H and O–H groups in total. The highest BCUT2D eigenvalue weighted by atomic mass is 32.2. The third-order valence-electron chi connectivity index (χ3n) is 7.54. The Hall–Kier alpha value is -4.61. The van der Waals surface area contributed by atoms with Crippen LogP contribution in [0.5, 0.6) is 0 Å². The second-order valence-electron chi connectivity index (χ2n) is 10.0. The van der Waals surface area contributed by atoms with Crippen LogP contribution >= 0.6 is 23.1 Å². The molecule has 2 aromatic heterocycles. The first-order valence-corrected chi connectivity index (χ1v) is 14.8. The molecule has 0 unspecified atom stereocenters. The lowest BCUT2D eigenvalue weighted by atomic mass is 9.84. The number of carbonyl (C=O) groups is 3. The Morgan fingerprint density at radius 2 is 1.71 bits per heavy atom. The highest BCUT2D eigenvalue weighted by Gasteiger charge is 2.56. The SMILES string of the molecule is O=C(Cn1c2c(sc1=O)[C@@H](c1cccnc1)[C@@H]1C(=O)N(c3ccc(F)cc3)C(=O)[C@@H]1S2)Nc1cccc2ccccc12. The van der Waals surface area contributed by atoms with Crippen molar-refractivity contribution in [2.45, 2.75) is 22.7 Å². The molecule has 2 aliphatic rings. The van der Waals surface area contributed by atoms with Gasteiger partial charge in [-0.3, -0.25) is 28.7 Å². The Balaban J connectivity index is 1.27. The van der Waals surface area contributed by atoms with Gasteiger partial charge in [-0.25, -0.2) is 9.29 Å². The van der Waals surface area contributed by atoms with E-state index in [1.54, 1.807) is 24.5 Å². The lowest BCUT2D eigenvalue weighted by Crippen LogP contribution is -2.33. The number of fused-ring (bicyclic) bond motifs is 3. The van der Waals surface area contributed by atoms with Crippen molar-refractivity contribution < 1.29 is 18.8 Å². The average molecular weight is 597 g/mol. The van der Waals surface area contributed by atoms with Gasteiger partial charge in [0.15, 0.2) is 0 Å². The van der Waals surface area contributed by atoms with Crippen molar-refractivity contribution in [3.8, 4) is 0 Å². The molecule has 11 heteroatoms. The van der Waals surface area contributed by atoms with Crippen LogP contribution in [-0.2, 0) is 20.9 Å². The van der Waals surface area contributed by atoms with Gasteiger partial charge in [0.1, 0.15) is 17.6 Å². The number of hydrogen-bond acceptors (Lipinski definition) is 7. The number of anilines is 2. The highest BCUT2D eigenvalue weighted by Crippen LogP contribution is 2.53. The Morgan fingerprint density at radius 3 is 2.50 bits per heavy atom. The molecular weight excluding hydrogens is 575 g/mol. The van der Waals surface area contributed by atoms with E-state index >= 15 is 0 Å². The summed E-state index contributed by atoms with van der Waals surface area (Å²) in [5, 5.41) is 4.40. The second kappa shape index (κ2) is 10.3. The van der Waals surface area contributed by atoms with Crippen molar-refractivity contribution in [3.05, 3.63) is 117 Å². The first kappa shape index (κ1) is 26.3. The van der Waals surface area contributed by atoms with Gasteiger partial charge in [0.25, 0.3) is 0 Å². The molecule has 3 amide bonds. The summed E-state index contributed by atoms with van der Waals surface area (Å²) in [6, 6.07) is 22.0. The number of carbonyl (C=O) groups excluding carboxylic acids is 3. The Kier molecular flexibility index (Phi) is 6.47. The van der Waals surface area contributed by atoms with Crippen LogP contribution < -0.4 is 15.1 Å². The lowest BCUT2D eigenvalue weighted by Gasteiger charge is -2.30. The number of aromatic nitrogens is 2. The molecule has 4 heterocycles. The Labute approximate surface area is 246 Å². The monoisotopic (exact) mass is 596 g/mol. The highest BCUT2D eigenvalue weighted by molar-refractivity contribution is 8.00. The van der Waals surface area contributed by atoms with E-state index in [4.69, 9.17) is 0 Å². The zero-order chi connectivity index (χ0) is 29.0. The van der Waals surface area contributed by atoms with E-state index in [0.717, 1.165) is 38.8 Å². The van der Waals surface area contributed by atoms with Crippen molar-refractivity contribution in [1.82, 2.24) is 9.55 Å². The topological polar surface area (TPSA) is 101 Å². The van der Waals surface area contributed by atoms with Gasteiger partial charge in [-0.05, 0) is 47.3 Å². The third kappa shape index (κ3) is 4.32. The largest absolute Gasteiger partial charge is 0.324 e. The normalized spacial score (nSPS) is 19.5. The van der Waals surface area contributed by atoms with E-state index in [1.807, 2.05) is 42.5 Å². The lowest BCUT2D eigenvalue weighted by molar-refractivity contribution is -0.122. The number of halogens is 1. The zero-order valence-electron chi connectivity index (χ0n) is 21.8. The van der Waals surface area contributed by atoms with Gasteiger partial charge in [0, 0.05) is 34.3 Å². The molecule has 3 atom stereocenters. The molecule has 7 rings (SSSR count). The molecule has 2 aliphatic heterocycles. The number of amides is 3. The summed E-state index contributed by atoms with van der Waals surface area (Å²) in [7, 11) is 0. The minimum absolute atomic E-state index is 0.262. The van der Waals surface area contributed by atoms with Crippen LogP contribution in [0, 0.1) is 11.7 Å². The van der Waals surface area contributed by atoms with E-state index < -0.39 is 40.6 Å². The van der Waals surface area contributed by atoms with Crippen LogP contribution in [0.25, 0.3) is 10.8 Å². The maximum absolute atomic E-state index is 13.8. The quantitative estimate of drug-likeness (QED) is 0.286. The standard InChI is InChI=1S/C31H21FN4O4S2/c32-19-10-12-20(13-11-19)36-28(38)25-24(18-7-4-14-33-15-18)27-30(41-26(25)29(36)39)35(31(40)42-27)16-23(37)34-22-9-3-6-17-5-1-2-8-21(17)22/h1-15,24-26H,16H2,(H,34,37)/t24-,25-,26+/m0/s1. The first-order chi connectivity index (χ1) is 20.4. The molecular formula is C31H21FN4O4S2. The second-order valence-corrected chi connectivity index (χ2v) is 12.1. The molecule has 0 bridgehead atoms. The van der Waals surface area contributed by atoms with Crippen LogP contribution in [0.15, 0.2) is 101 Å². The Bertz CT molecular complexity index is 1940. The van der Waals surface area contributed by atoms with Gasteiger partial charge in [0.05, 0.1) is 16.6 Å². The van der Waals surface area contributed by atoms with E-state index in [2.05, 4.69) is 10.3 Å². The molecule has 208 valence electrons. The molecule has 3 aromatic carbocycles. The number of hydrogen-bond donors (Lipinski definition) is 1. The maximum Gasteiger partial charge on any atom is 0.308 e. The summed E-state index contributed by atoms with van der Waals surface area (Å²) in [5.41, 5.74) is 1.59. The molecule has 8 nitrogen and oxygen atoms in total. The predicted octanol–water partition coefficient (Wildman–Crippen LogP) is 5.03. The van der Waals surface area contributed by atoms with Crippen molar-refractivity contribution in [1.29, 1.82) is 0 Å². The van der Waals surface area contributed by atoms with Gasteiger partial charge in [-0.15, -0.1) is 0 Å². The predicted molar refractivity (Wildman–Crippen MR) is 159 cm³/mol. The van der Waals surface area contributed by atoms with Crippen molar-refractivity contribution in [2.75, 3.05) is 10.2 Å². The molecule has 0 radical (unpaired) electrons. The summed E-state index contributed by atoms with van der Waals surface area (Å²) in [6.45, 7) is -0.262. The molecule has 0 spiro atoms. The van der Waals surface area contributed by atoms with Crippen molar-refractivity contribution in [3.63, 3.8) is 0 Å². The molecule has 42 heavy (non-hydrogen) atoms. The Morgan fingerprint density at radius 1 is 0.929 bits per heavy atom. The fraction of sp³-hybridized carbons (Fsp3) is 0.129. The van der Waals surface area contributed by atoms with Crippen molar-refractivity contribution in [2.24, 2.45) is 5.92 Å². The van der Waals surface area contributed by atoms with Gasteiger partial charge >= 0.3 is 4.87 Å². The summed E-state index contributed by atoms with van der Waals surface area (Å²) < 4.78 is 15.0. The van der Waals surface area contributed by atoms with E-state index in [9.17, 15) is 23.6 Å². The maximum atomic E-state index is 13.8. The number of nitrogens with one attached hydrogen (secondary N) is 1. The average Bonchev–Trinajstić information content (AvgIpc) is 3.44. The fourth-order valence-corrected chi connectivity index (χ4v) is 8.46. The first-order valence-electron chi connectivity index (χ1n) is 13.1. The summed E-state index contributed by atoms with van der Waals surface area (Å²) in [4.78, 5) is 59.8. The number of thioether (sulfide) groups is 1. The van der Waals surface area contributed by atoms with E-state index in [-0.39, 0.29) is 17.1 Å². The van der Waals surface area contributed by atoms with Crippen LogP contribution in [0.3, 0.4) is 0 Å². The van der Waals surface area contributed by atoms with E-state index in [0.29, 0.717) is 21.2 Å². The van der Waals surface area contributed by atoms with Gasteiger partial charge in [-0.2, -0.15) is 0 Å². The van der Waals surface area contributed by atoms with Crippen molar-refractivity contribution >= 4 is 63.0 Å². The van der Waals surface area contributed by atoms with E-state index in [1.165, 1.54) is 28.8 Å². The zero-order valence-corrected chi connectivity index (χ0v) is 23.4. The molecule has 0 saturated carbocycles. The van der Waals surface area contributed by atoms with Crippen LogP contribution in [0.2, 0.25) is 0 Å². The molecule has 0 aliphatic carbocycles. The smallest absolute Gasteiger partial charge is 0.308 e. The summed E-state index contributed by atoms with van der Waals surface area (Å²) in [5.74, 6) is -3.18. The number of imide groups is 1. The van der Waals surface area contributed by atoms with Gasteiger partial charge < -0.3 is 5.32 Å². The number of nitrogens with zero attached hydrogens (tertiary/aromatic N) is 3. The minimum Gasteiger partial charge on any atom is -0.324 e. The number of pyridine rings is 1. The number of thiazole rings is 1. The van der Waals surface area contributed by atoms with Crippen LogP contribution in [-0.4, -0.2) is 32.5 Å². The summed E-state index contributed by atoms with van der Waals surface area (Å²) in [6.07, 6.45) is 3.23. The number of rotatable bonds is 5.